The SMILES string of the molecule is CCCN(CC)CCNC(=O)C(CN)c1ccccc1. The summed E-state index contributed by atoms with van der Waals surface area (Å²) in [5.74, 6) is -0.233. The highest BCUT2D eigenvalue weighted by molar-refractivity contribution is 5.83. The lowest BCUT2D eigenvalue weighted by atomic mass is 9.98. The summed E-state index contributed by atoms with van der Waals surface area (Å²) in [5.41, 5.74) is 6.72. The van der Waals surface area contributed by atoms with Gasteiger partial charge in [-0.25, -0.2) is 0 Å². The zero-order valence-electron chi connectivity index (χ0n) is 12.6. The second-order valence-electron chi connectivity index (χ2n) is 4.92. The molecule has 0 spiro atoms. The maximum atomic E-state index is 12.2. The van der Waals surface area contributed by atoms with E-state index in [1.54, 1.807) is 0 Å². The molecule has 1 amide bonds. The van der Waals surface area contributed by atoms with E-state index in [9.17, 15) is 4.79 Å². The molecule has 0 bridgehead atoms. The fourth-order valence-corrected chi connectivity index (χ4v) is 2.28. The molecule has 112 valence electrons. The van der Waals surface area contributed by atoms with Crippen LogP contribution in [-0.4, -0.2) is 43.5 Å². The van der Waals surface area contributed by atoms with Crippen LogP contribution in [-0.2, 0) is 4.79 Å². The Morgan fingerprint density at radius 3 is 2.50 bits per heavy atom. The number of rotatable bonds is 9. The van der Waals surface area contributed by atoms with E-state index >= 15 is 0 Å². The molecule has 1 aromatic carbocycles. The van der Waals surface area contributed by atoms with Gasteiger partial charge in [0.05, 0.1) is 5.92 Å². The number of amides is 1. The second-order valence-corrected chi connectivity index (χ2v) is 4.92. The Balaban J connectivity index is 2.44. The first-order valence-electron chi connectivity index (χ1n) is 7.48. The molecule has 4 nitrogen and oxygen atoms in total. The van der Waals surface area contributed by atoms with Gasteiger partial charge in [0.15, 0.2) is 0 Å². The standard InChI is InChI=1S/C16H27N3O/c1-3-11-19(4-2)12-10-18-16(20)15(13-17)14-8-6-5-7-9-14/h5-9,15H,3-4,10-13,17H2,1-2H3,(H,18,20). The highest BCUT2D eigenvalue weighted by atomic mass is 16.1. The first-order valence-corrected chi connectivity index (χ1v) is 7.48. The highest BCUT2D eigenvalue weighted by Gasteiger charge is 2.18. The van der Waals surface area contributed by atoms with Crippen LogP contribution in [0.2, 0.25) is 0 Å². The van der Waals surface area contributed by atoms with E-state index in [2.05, 4.69) is 24.1 Å². The largest absolute Gasteiger partial charge is 0.354 e. The van der Waals surface area contributed by atoms with E-state index in [-0.39, 0.29) is 11.8 Å². The Morgan fingerprint density at radius 2 is 1.95 bits per heavy atom. The van der Waals surface area contributed by atoms with E-state index in [1.165, 1.54) is 0 Å². The van der Waals surface area contributed by atoms with Crippen molar-refractivity contribution in [2.24, 2.45) is 5.73 Å². The van der Waals surface area contributed by atoms with Crippen LogP contribution >= 0.6 is 0 Å². The van der Waals surface area contributed by atoms with Crippen molar-refractivity contribution in [2.45, 2.75) is 26.2 Å². The average molecular weight is 277 g/mol. The molecule has 0 heterocycles. The zero-order valence-corrected chi connectivity index (χ0v) is 12.6. The van der Waals surface area contributed by atoms with Crippen molar-refractivity contribution in [2.75, 3.05) is 32.7 Å². The van der Waals surface area contributed by atoms with Crippen LogP contribution in [0.5, 0.6) is 0 Å². The first-order chi connectivity index (χ1) is 9.72. The first kappa shape index (κ1) is 16.7. The number of carbonyl (C=O) groups excluding carboxylic acids is 1. The van der Waals surface area contributed by atoms with Crippen molar-refractivity contribution in [3.05, 3.63) is 35.9 Å². The zero-order chi connectivity index (χ0) is 14.8. The maximum absolute atomic E-state index is 12.2. The molecule has 0 aromatic heterocycles. The van der Waals surface area contributed by atoms with Gasteiger partial charge < -0.3 is 16.0 Å². The molecule has 4 heteroatoms. The smallest absolute Gasteiger partial charge is 0.228 e. The lowest BCUT2D eigenvalue weighted by Crippen LogP contribution is -2.39. The second kappa shape index (κ2) is 9.50. The van der Waals surface area contributed by atoms with Gasteiger partial charge in [0.1, 0.15) is 0 Å². The minimum absolute atomic E-state index is 0.0197. The quantitative estimate of drug-likeness (QED) is 0.720. The normalized spacial score (nSPS) is 12.4. The number of benzene rings is 1. The van der Waals surface area contributed by atoms with Gasteiger partial charge in [0.2, 0.25) is 5.91 Å². The van der Waals surface area contributed by atoms with Crippen LogP contribution in [0.1, 0.15) is 31.7 Å². The van der Waals surface area contributed by atoms with Crippen LogP contribution in [0.3, 0.4) is 0 Å². The summed E-state index contributed by atoms with van der Waals surface area (Å²) >= 11 is 0. The van der Waals surface area contributed by atoms with Crippen LogP contribution < -0.4 is 11.1 Å². The van der Waals surface area contributed by atoms with Crippen molar-refractivity contribution in [3.8, 4) is 0 Å². The fraction of sp³-hybridized carbons (Fsp3) is 0.562. The van der Waals surface area contributed by atoms with Gasteiger partial charge in [-0.05, 0) is 25.1 Å². The van der Waals surface area contributed by atoms with Gasteiger partial charge in [0.25, 0.3) is 0 Å². The Labute approximate surface area is 122 Å². The molecule has 0 saturated carbocycles. The lowest BCUT2D eigenvalue weighted by Gasteiger charge is -2.21. The van der Waals surface area contributed by atoms with E-state index in [1.807, 2.05) is 30.3 Å². The van der Waals surface area contributed by atoms with Gasteiger partial charge in [0, 0.05) is 19.6 Å². The molecule has 1 aromatic rings. The third-order valence-corrected chi connectivity index (χ3v) is 3.47. The fourth-order valence-electron chi connectivity index (χ4n) is 2.28. The number of nitrogens with two attached hydrogens (primary N) is 1. The summed E-state index contributed by atoms with van der Waals surface area (Å²) < 4.78 is 0. The Morgan fingerprint density at radius 1 is 1.25 bits per heavy atom. The lowest BCUT2D eigenvalue weighted by molar-refractivity contribution is -0.122. The maximum Gasteiger partial charge on any atom is 0.228 e. The number of nitrogens with one attached hydrogen (secondary N) is 1. The van der Waals surface area contributed by atoms with Gasteiger partial charge in [-0.1, -0.05) is 44.2 Å². The number of carbonyl (C=O) groups is 1. The number of nitrogens with zero attached hydrogens (tertiary/aromatic N) is 1. The van der Waals surface area contributed by atoms with Crippen molar-refractivity contribution in [3.63, 3.8) is 0 Å². The minimum Gasteiger partial charge on any atom is -0.354 e. The number of hydrogen-bond donors (Lipinski definition) is 2. The molecule has 20 heavy (non-hydrogen) atoms. The summed E-state index contributed by atoms with van der Waals surface area (Å²) in [7, 11) is 0. The highest BCUT2D eigenvalue weighted by Crippen LogP contribution is 2.13. The van der Waals surface area contributed by atoms with Gasteiger partial charge in [-0.3, -0.25) is 4.79 Å². The molecule has 0 saturated heterocycles. The monoisotopic (exact) mass is 277 g/mol. The molecule has 1 atom stereocenters. The van der Waals surface area contributed by atoms with E-state index < -0.39 is 0 Å². The molecule has 0 radical (unpaired) electrons. The molecular formula is C16H27N3O. The predicted molar refractivity (Wildman–Crippen MR) is 83.7 cm³/mol. The Kier molecular flexibility index (Phi) is 7.92. The molecule has 3 N–H and O–H groups in total. The average Bonchev–Trinajstić information content (AvgIpc) is 2.48. The topological polar surface area (TPSA) is 58.4 Å². The summed E-state index contributed by atoms with van der Waals surface area (Å²) in [4.78, 5) is 14.5. The van der Waals surface area contributed by atoms with Crippen LogP contribution in [0, 0.1) is 0 Å². The molecule has 0 aliphatic rings. The molecule has 0 aliphatic heterocycles. The minimum atomic E-state index is -0.252. The predicted octanol–water partition coefficient (Wildman–Crippen LogP) is 1.58. The van der Waals surface area contributed by atoms with Crippen molar-refractivity contribution in [1.82, 2.24) is 10.2 Å². The molecular weight excluding hydrogens is 250 g/mol. The van der Waals surface area contributed by atoms with Crippen LogP contribution in [0.15, 0.2) is 30.3 Å². The number of likely N-dealkylation sites (N-methyl/N-ethyl adjacent to an activating group) is 1. The van der Waals surface area contributed by atoms with Gasteiger partial charge in [-0.15, -0.1) is 0 Å². The summed E-state index contributed by atoms with van der Waals surface area (Å²) in [6, 6.07) is 9.72. The molecule has 0 fully saturated rings. The van der Waals surface area contributed by atoms with Gasteiger partial charge in [-0.2, -0.15) is 0 Å². The third-order valence-electron chi connectivity index (χ3n) is 3.47. The molecule has 0 aliphatic carbocycles. The van der Waals surface area contributed by atoms with Crippen LogP contribution in [0.4, 0.5) is 0 Å². The summed E-state index contributed by atoms with van der Waals surface area (Å²) in [6.07, 6.45) is 1.14. The van der Waals surface area contributed by atoms with E-state index in [0.29, 0.717) is 13.1 Å². The van der Waals surface area contributed by atoms with Crippen molar-refractivity contribution < 1.29 is 4.79 Å². The molecule has 1 unspecified atom stereocenters. The van der Waals surface area contributed by atoms with E-state index in [4.69, 9.17) is 5.73 Å². The Bertz CT molecular complexity index is 381. The van der Waals surface area contributed by atoms with Crippen molar-refractivity contribution >= 4 is 5.91 Å². The van der Waals surface area contributed by atoms with E-state index in [0.717, 1.165) is 31.6 Å². The number of hydrogen-bond acceptors (Lipinski definition) is 3. The van der Waals surface area contributed by atoms with Gasteiger partial charge >= 0.3 is 0 Å². The van der Waals surface area contributed by atoms with Crippen LogP contribution in [0.25, 0.3) is 0 Å². The Hall–Kier alpha value is -1.39. The summed E-state index contributed by atoms with van der Waals surface area (Å²) in [5, 5.41) is 2.99. The molecule has 1 rings (SSSR count). The third kappa shape index (κ3) is 5.31. The van der Waals surface area contributed by atoms with Crippen molar-refractivity contribution in [1.29, 1.82) is 0 Å². The summed E-state index contributed by atoms with van der Waals surface area (Å²) in [6.45, 7) is 8.31.